The van der Waals surface area contributed by atoms with Crippen LogP contribution in [0, 0.1) is 13.8 Å². The largest absolute Gasteiger partial charge is 0.261 e. The first-order chi connectivity index (χ1) is 7.65. The Kier molecular flexibility index (Phi) is 3.71. The summed E-state index contributed by atoms with van der Waals surface area (Å²) in [5, 5.41) is 1.11. The maximum atomic E-state index is 4.40. The van der Waals surface area contributed by atoms with Gasteiger partial charge in [-0.15, -0.1) is 11.3 Å². The van der Waals surface area contributed by atoms with Gasteiger partial charge in [0.15, 0.2) is 0 Å². The molecule has 0 radical (unpaired) electrons. The zero-order chi connectivity index (χ0) is 11.5. The Morgan fingerprint density at radius 3 is 2.62 bits per heavy atom. The molecule has 2 aromatic heterocycles. The lowest BCUT2D eigenvalue weighted by Gasteiger charge is -2.06. The van der Waals surface area contributed by atoms with E-state index in [4.69, 9.17) is 0 Å². The number of thiazole rings is 1. The van der Waals surface area contributed by atoms with Crippen molar-refractivity contribution in [3.63, 3.8) is 0 Å². The van der Waals surface area contributed by atoms with Crippen LogP contribution >= 0.6 is 27.3 Å². The fraction of sp³-hybridized carbons (Fsp3) is 0.333. The molecule has 16 heavy (non-hydrogen) atoms. The highest BCUT2D eigenvalue weighted by atomic mass is 79.9. The molecule has 2 heterocycles. The minimum atomic E-state index is 0.314. The van der Waals surface area contributed by atoms with Gasteiger partial charge in [0.1, 0.15) is 0 Å². The van der Waals surface area contributed by atoms with E-state index in [1.807, 2.05) is 19.3 Å². The zero-order valence-electron chi connectivity index (χ0n) is 9.27. The van der Waals surface area contributed by atoms with Crippen LogP contribution in [0.1, 0.15) is 26.0 Å². The van der Waals surface area contributed by atoms with Crippen LogP contribution in [0.2, 0.25) is 0 Å². The molecule has 0 spiro atoms. The molecule has 0 fully saturated rings. The Balaban J connectivity index is 2.07. The van der Waals surface area contributed by atoms with Crippen LogP contribution in [-0.4, -0.2) is 9.97 Å². The van der Waals surface area contributed by atoms with E-state index in [1.165, 1.54) is 10.4 Å². The molecule has 2 aromatic rings. The zero-order valence-corrected chi connectivity index (χ0v) is 11.7. The molecule has 84 valence electrons. The first kappa shape index (κ1) is 11.7. The molecule has 0 aliphatic heterocycles. The number of aromatic nitrogens is 2. The van der Waals surface area contributed by atoms with Crippen molar-refractivity contribution >= 4 is 27.3 Å². The predicted octanol–water partition coefficient (Wildman–Crippen LogP) is 3.83. The molecule has 0 aliphatic carbocycles. The van der Waals surface area contributed by atoms with Crippen LogP contribution < -0.4 is 0 Å². The molecule has 0 saturated carbocycles. The third-order valence-electron chi connectivity index (χ3n) is 2.31. The molecule has 0 N–H and O–H groups in total. The highest BCUT2D eigenvalue weighted by Gasteiger charge is 2.11. The van der Waals surface area contributed by atoms with Gasteiger partial charge in [-0.25, -0.2) is 4.98 Å². The van der Waals surface area contributed by atoms with E-state index in [9.17, 15) is 0 Å². The number of pyridine rings is 1. The summed E-state index contributed by atoms with van der Waals surface area (Å²) in [5.74, 6) is 0. The average Bonchev–Trinajstić information content (AvgIpc) is 2.68. The average molecular weight is 297 g/mol. The van der Waals surface area contributed by atoms with Gasteiger partial charge in [-0.3, -0.25) is 4.98 Å². The van der Waals surface area contributed by atoms with Crippen LogP contribution in [0.25, 0.3) is 0 Å². The van der Waals surface area contributed by atoms with E-state index < -0.39 is 0 Å². The fourth-order valence-corrected chi connectivity index (χ4v) is 2.92. The minimum Gasteiger partial charge on any atom is -0.261 e. The van der Waals surface area contributed by atoms with Gasteiger partial charge in [0.05, 0.1) is 9.83 Å². The maximum absolute atomic E-state index is 4.40. The van der Waals surface area contributed by atoms with Gasteiger partial charge in [-0.1, -0.05) is 22.0 Å². The normalized spacial score (nSPS) is 12.7. The van der Waals surface area contributed by atoms with Crippen molar-refractivity contribution in [2.45, 2.75) is 25.1 Å². The highest BCUT2D eigenvalue weighted by Crippen LogP contribution is 2.30. The SMILES string of the molecule is Cc1ccc(CC(Br)c2cnc(C)s2)nc1. The highest BCUT2D eigenvalue weighted by molar-refractivity contribution is 9.09. The van der Waals surface area contributed by atoms with Gasteiger partial charge in [-0.05, 0) is 25.5 Å². The number of rotatable bonds is 3. The van der Waals surface area contributed by atoms with Crippen molar-refractivity contribution in [2.24, 2.45) is 0 Å². The molecule has 0 aromatic carbocycles. The fourth-order valence-electron chi connectivity index (χ4n) is 1.43. The van der Waals surface area contributed by atoms with Crippen molar-refractivity contribution < 1.29 is 0 Å². The lowest BCUT2D eigenvalue weighted by molar-refractivity contribution is 0.914. The van der Waals surface area contributed by atoms with Gasteiger partial charge >= 0.3 is 0 Å². The molecule has 4 heteroatoms. The molecule has 2 nitrogen and oxygen atoms in total. The third-order valence-corrected chi connectivity index (χ3v) is 4.46. The number of alkyl halides is 1. The van der Waals surface area contributed by atoms with Crippen LogP contribution in [0.4, 0.5) is 0 Å². The summed E-state index contributed by atoms with van der Waals surface area (Å²) >= 11 is 5.42. The van der Waals surface area contributed by atoms with Gasteiger partial charge < -0.3 is 0 Å². The Labute approximate surface area is 108 Å². The van der Waals surface area contributed by atoms with Gasteiger partial charge in [0.25, 0.3) is 0 Å². The van der Waals surface area contributed by atoms with Gasteiger partial charge in [0, 0.05) is 29.4 Å². The van der Waals surface area contributed by atoms with Crippen LogP contribution in [0.3, 0.4) is 0 Å². The molecule has 0 amide bonds. The second-order valence-corrected chi connectivity index (χ2v) is 6.15. The lowest BCUT2D eigenvalue weighted by Crippen LogP contribution is -1.95. The number of hydrogen-bond acceptors (Lipinski definition) is 3. The molecule has 1 unspecified atom stereocenters. The van der Waals surface area contributed by atoms with Crippen molar-refractivity contribution in [3.05, 3.63) is 45.7 Å². The molecule has 0 saturated heterocycles. The minimum absolute atomic E-state index is 0.314. The summed E-state index contributed by atoms with van der Waals surface area (Å²) in [6.07, 6.45) is 4.75. The van der Waals surface area contributed by atoms with Crippen LogP contribution in [0.15, 0.2) is 24.5 Å². The smallest absolute Gasteiger partial charge is 0.0897 e. The van der Waals surface area contributed by atoms with E-state index in [-0.39, 0.29) is 0 Å². The Morgan fingerprint density at radius 1 is 1.25 bits per heavy atom. The van der Waals surface area contributed by atoms with Crippen LogP contribution in [-0.2, 0) is 6.42 Å². The van der Waals surface area contributed by atoms with Gasteiger partial charge in [-0.2, -0.15) is 0 Å². The van der Waals surface area contributed by atoms with Crippen molar-refractivity contribution in [3.8, 4) is 0 Å². The summed E-state index contributed by atoms with van der Waals surface area (Å²) in [7, 11) is 0. The maximum Gasteiger partial charge on any atom is 0.0897 e. The third kappa shape index (κ3) is 2.89. The van der Waals surface area contributed by atoms with E-state index in [0.29, 0.717) is 4.83 Å². The van der Waals surface area contributed by atoms with E-state index in [2.05, 4.69) is 45.0 Å². The van der Waals surface area contributed by atoms with E-state index in [1.54, 1.807) is 11.3 Å². The van der Waals surface area contributed by atoms with Crippen molar-refractivity contribution in [1.82, 2.24) is 9.97 Å². The quantitative estimate of drug-likeness (QED) is 0.805. The molecule has 0 aliphatic rings. The Bertz CT molecular complexity index is 464. The summed E-state index contributed by atoms with van der Waals surface area (Å²) in [4.78, 5) is 10.2. The molecular weight excluding hydrogens is 284 g/mol. The van der Waals surface area contributed by atoms with Crippen molar-refractivity contribution in [1.29, 1.82) is 0 Å². The molecular formula is C12H13BrN2S. The van der Waals surface area contributed by atoms with E-state index >= 15 is 0 Å². The standard InChI is InChI=1S/C12H13BrN2S/c1-8-3-4-10(15-6-8)5-11(13)12-7-14-9(2)16-12/h3-4,6-7,11H,5H2,1-2H3. The molecule has 1 atom stereocenters. The van der Waals surface area contributed by atoms with E-state index in [0.717, 1.165) is 17.1 Å². The Morgan fingerprint density at radius 2 is 2.06 bits per heavy atom. The monoisotopic (exact) mass is 296 g/mol. The second-order valence-electron chi connectivity index (χ2n) is 3.78. The first-order valence-corrected chi connectivity index (χ1v) is 6.86. The summed E-state index contributed by atoms with van der Waals surface area (Å²) in [6, 6.07) is 4.18. The van der Waals surface area contributed by atoms with Crippen molar-refractivity contribution in [2.75, 3.05) is 0 Å². The Hall–Kier alpha value is -0.740. The summed E-state index contributed by atoms with van der Waals surface area (Å²) < 4.78 is 0. The van der Waals surface area contributed by atoms with Gasteiger partial charge in [0.2, 0.25) is 0 Å². The summed E-state index contributed by atoms with van der Waals surface area (Å²) in [5.41, 5.74) is 2.31. The van der Waals surface area contributed by atoms with Crippen LogP contribution in [0.5, 0.6) is 0 Å². The molecule has 2 rings (SSSR count). The number of halogens is 1. The number of aryl methyl sites for hydroxylation is 2. The summed E-state index contributed by atoms with van der Waals surface area (Å²) in [6.45, 7) is 4.08. The first-order valence-electron chi connectivity index (χ1n) is 5.13. The topological polar surface area (TPSA) is 25.8 Å². The molecule has 0 bridgehead atoms. The number of hydrogen-bond donors (Lipinski definition) is 0. The predicted molar refractivity (Wildman–Crippen MR) is 71.2 cm³/mol. The second kappa shape index (κ2) is 5.06. The lowest BCUT2D eigenvalue weighted by atomic mass is 10.2. The number of nitrogens with zero attached hydrogens (tertiary/aromatic N) is 2.